The first kappa shape index (κ1) is 14.6. The quantitative estimate of drug-likeness (QED) is 0.762. The molecule has 0 saturated heterocycles. The number of hydrogen-bond acceptors (Lipinski definition) is 1. The van der Waals surface area contributed by atoms with Crippen LogP contribution in [0.2, 0.25) is 0 Å². The van der Waals surface area contributed by atoms with Crippen molar-refractivity contribution in [3.63, 3.8) is 0 Å². The molecule has 0 aliphatic heterocycles. The van der Waals surface area contributed by atoms with Crippen molar-refractivity contribution in [2.24, 2.45) is 0 Å². The Morgan fingerprint density at radius 2 is 1.95 bits per heavy atom. The lowest BCUT2D eigenvalue weighted by Gasteiger charge is -2.14. The Balaban J connectivity index is 1.81. The average molecular weight is 262 g/mol. The van der Waals surface area contributed by atoms with Crippen LogP contribution in [0, 0.1) is 13.8 Å². The van der Waals surface area contributed by atoms with Crippen LogP contribution in [-0.2, 0) is 6.42 Å². The summed E-state index contributed by atoms with van der Waals surface area (Å²) >= 11 is 0. The highest BCUT2D eigenvalue weighted by Crippen LogP contribution is 2.21. The Kier molecular flexibility index (Phi) is 5.09. The number of nitrogens with zero attached hydrogens (tertiary/aromatic N) is 1. The normalized spacial score (nSPS) is 16.7. The zero-order valence-electron chi connectivity index (χ0n) is 13.1. The molecule has 0 atom stereocenters. The lowest BCUT2D eigenvalue weighted by molar-refractivity contribution is 0.514. The van der Waals surface area contributed by atoms with Crippen LogP contribution in [0.5, 0.6) is 0 Å². The maximum absolute atomic E-state index is 3.71. The van der Waals surface area contributed by atoms with E-state index in [9.17, 15) is 0 Å². The lowest BCUT2D eigenvalue weighted by Crippen LogP contribution is -2.27. The van der Waals surface area contributed by atoms with Gasteiger partial charge < -0.3 is 9.88 Å². The molecule has 1 fully saturated rings. The van der Waals surface area contributed by atoms with E-state index in [0.717, 1.165) is 6.04 Å². The van der Waals surface area contributed by atoms with Crippen LogP contribution in [0.15, 0.2) is 6.07 Å². The molecule has 108 valence electrons. The molecule has 0 aromatic carbocycles. The van der Waals surface area contributed by atoms with Crippen molar-refractivity contribution in [3.8, 4) is 0 Å². The number of hydrogen-bond donors (Lipinski definition) is 1. The summed E-state index contributed by atoms with van der Waals surface area (Å²) in [6.07, 6.45) is 8.11. The van der Waals surface area contributed by atoms with Gasteiger partial charge in [0.2, 0.25) is 0 Å². The van der Waals surface area contributed by atoms with Crippen LogP contribution in [0.3, 0.4) is 0 Å². The van der Waals surface area contributed by atoms with Gasteiger partial charge in [-0.25, -0.2) is 0 Å². The average Bonchev–Trinajstić information content (AvgIpc) is 2.93. The Hall–Kier alpha value is -0.760. The second-order valence-corrected chi connectivity index (χ2v) is 6.40. The smallest absolute Gasteiger partial charge is 0.0279 e. The highest BCUT2D eigenvalue weighted by molar-refractivity contribution is 5.27. The minimum Gasteiger partial charge on any atom is -0.346 e. The Morgan fingerprint density at radius 3 is 2.53 bits per heavy atom. The van der Waals surface area contributed by atoms with Gasteiger partial charge in [-0.05, 0) is 71.6 Å². The van der Waals surface area contributed by atoms with Crippen LogP contribution in [0.4, 0.5) is 0 Å². The summed E-state index contributed by atoms with van der Waals surface area (Å²) in [5.41, 5.74) is 4.42. The topological polar surface area (TPSA) is 17.0 Å². The first-order valence-electron chi connectivity index (χ1n) is 8.00. The number of aryl methyl sites for hydroxylation is 2. The first-order valence-corrected chi connectivity index (χ1v) is 8.00. The molecule has 0 bridgehead atoms. The fourth-order valence-electron chi connectivity index (χ4n) is 3.61. The predicted molar refractivity (Wildman–Crippen MR) is 82.9 cm³/mol. The van der Waals surface area contributed by atoms with Crippen LogP contribution in [0.1, 0.15) is 68.9 Å². The molecule has 0 radical (unpaired) electrons. The summed E-state index contributed by atoms with van der Waals surface area (Å²) < 4.78 is 2.46. The third-order valence-electron chi connectivity index (χ3n) is 4.52. The van der Waals surface area contributed by atoms with E-state index in [2.05, 4.69) is 43.6 Å². The van der Waals surface area contributed by atoms with E-state index >= 15 is 0 Å². The highest BCUT2D eigenvalue weighted by Gasteiger charge is 2.14. The SMILES string of the molecule is Cc1cc(CCCNC2CCCC2)c(C)n1C(C)C. The molecule has 2 nitrogen and oxygen atoms in total. The third kappa shape index (κ3) is 3.62. The maximum Gasteiger partial charge on any atom is 0.0279 e. The molecule has 1 aromatic heterocycles. The van der Waals surface area contributed by atoms with E-state index in [1.807, 2.05) is 0 Å². The van der Waals surface area contributed by atoms with Gasteiger partial charge in [-0.2, -0.15) is 0 Å². The maximum atomic E-state index is 3.71. The van der Waals surface area contributed by atoms with Crippen LogP contribution >= 0.6 is 0 Å². The highest BCUT2D eigenvalue weighted by atomic mass is 15.0. The molecule has 1 aromatic rings. The van der Waals surface area contributed by atoms with E-state index in [0.29, 0.717) is 6.04 Å². The van der Waals surface area contributed by atoms with Crippen molar-refractivity contribution < 1.29 is 0 Å². The first-order chi connectivity index (χ1) is 9.09. The molecule has 2 rings (SSSR count). The van der Waals surface area contributed by atoms with Crippen LogP contribution in [-0.4, -0.2) is 17.2 Å². The summed E-state index contributed by atoms with van der Waals surface area (Å²) in [5.74, 6) is 0. The van der Waals surface area contributed by atoms with Gasteiger partial charge in [0.15, 0.2) is 0 Å². The number of nitrogens with one attached hydrogen (secondary N) is 1. The minimum atomic E-state index is 0.574. The van der Waals surface area contributed by atoms with Gasteiger partial charge in [0.05, 0.1) is 0 Å². The van der Waals surface area contributed by atoms with Crippen molar-refractivity contribution in [2.75, 3.05) is 6.54 Å². The van der Waals surface area contributed by atoms with Crippen molar-refractivity contribution in [3.05, 3.63) is 23.0 Å². The van der Waals surface area contributed by atoms with E-state index in [1.54, 1.807) is 5.56 Å². The van der Waals surface area contributed by atoms with Gasteiger partial charge in [0, 0.05) is 23.5 Å². The second-order valence-electron chi connectivity index (χ2n) is 6.40. The van der Waals surface area contributed by atoms with Gasteiger partial charge in [-0.15, -0.1) is 0 Å². The van der Waals surface area contributed by atoms with Crippen molar-refractivity contribution in [1.29, 1.82) is 0 Å². The van der Waals surface area contributed by atoms with Crippen molar-refractivity contribution in [1.82, 2.24) is 9.88 Å². The molecule has 1 aliphatic rings. The number of aromatic nitrogens is 1. The molecule has 19 heavy (non-hydrogen) atoms. The molecule has 2 heteroatoms. The van der Waals surface area contributed by atoms with Gasteiger partial charge in [0.25, 0.3) is 0 Å². The van der Waals surface area contributed by atoms with Crippen LogP contribution in [0.25, 0.3) is 0 Å². The summed E-state index contributed by atoms with van der Waals surface area (Å²) in [6.45, 7) is 10.2. The Bertz CT molecular complexity index is 398. The fraction of sp³-hybridized carbons (Fsp3) is 0.765. The monoisotopic (exact) mass is 262 g/mol. The summed E-state index contributed by atoms with van der Waals surface area (Å²) in [7, 11) is 0. The molecule has 1 N–H and O–H groups in total. The Labute approximate surface area is 118 Å². The van der Waals surface area contributed by atoms with E-state index in [-0.39, 0.29) is 0 Å². The predicted octanol–water partition coefficient (Wildman–Crippen LogP) is 4.15. The summed E-state index contributed by atoms with van der Waals surface area (Å²) in [6, 6.07) is 3.76. The molecule has 1 heterocycles. The molecule has 0 unspecified atom stereocenters. The van der Waals surface area contributed by atoms with Gasteiger partial charge in [0.1, 0.15) is 0 Å². The molecular weight excluding hydrogens is 232 g/mol. The number of rotatable bonds is 6. The van der Waals surface area contributed by atoms with Gasteiger partial charge >= 0.3 is 0 Å². The summed E-state index contributed by atoms with van der Waals surface area (Å²) in [5, 5.41) is 3.71. The molecule has 1 saturated carbocycles. The van der Waals surface area contributed by atoms with Gasteiger partial charge in [-0.1, -0.05) is 12.8 Å². The molecule has 0 amide bonds. The van der Waals surface area contributed by atoms with E-state index in [1.165, 1.54) is 56.5 Å². The zero-order chi connectivity index (χ0) is 13.8. The van der Waals surface area contributed by atoms with Crippen molar-refractivity contribution >= 4 is 0 Å². The van der Waals surface area contributed by atoms with E-state index in [4.69, 9.17) is 0 Å². The largest absolute Gasteiger partial charge is 0.346 e. The van der Waals surface area contributed by atoms with E-state index < -0.39 is 0 Å². The summed E-state index contributed by atoms with van der Waals surface area (Å²) in [4.78, 5) is 0. The standard InChI is InChI=1S/C17H30N2/c1-13(2)19-14(3)12-16(15(19)4)8-7-11-18-17-9-5-6-10-17/h12-13,17-18H,5-11H2,1-4H3. The van der Waals surface area contributed by atoms with Gasteiger partial charge in [-0.3, -0.25) is 0 Å². The Morgan fingerprint density at radius 1 is 1.26 bits per heavy atom. The third-order valence-corrected chi connectivity index (χ3v) is 4.52. The zero-order valence-corrected chi connectivity index (χ0v) is 13.1. The molecular formula is C17H30N2. The van der Waals surface area contributed by atoms with Crippen molar-refractivity contribution in [2.45, 2.75) is 78.3 Å². The second kappa shape index (κ2) is 6.60. The van der Waals surface area contributed by atoms with Crippen LogP contribution < -0.4 is 5.32 Å². The minimum absolute atomic E-state index is 0.574. The lowest BCUT2D eigenvalue weighted by atomic mass is 10.1. The molecule has 0 spiro atoms. The molecule has 1 aliphatic carbocycles. The fourth-order valence-corrected chi connectivity index (χ4v) is 3.61.